The van der Waals surface area contributed by atoms with Gasteiger partial charge >= 0.3 is 0 Å². The Labute approximate surface area is 171 Å². The van der Waals surface area contributed by atoms with Crippen LogP contribution in [0.4, 0.5) is 11.4 Å². The van der Waals surface area contributed by atoms with Crippen molar-refractivity contribution in [3.05, 3.63) is 59.7 Å². The molecule has 0 spiro atoms. The normalized spacial score (nSPS) is 11.9. The summed E-state index contributed by atoms with van der Waals surface area (Å²) in [6.07, 6.45) is 4.12. The number of nitrogens with one attached hydrogen (secondary N) is 2. The van der Waals surface area contributed by atoms with Gasteiger partial charge in [0.2, 0.25) is 0 Å². The molecule has 0 atom stereocenters. The van der Waals surface area contributed by atoms with E-state index >= 15 is 0 Å². The van der Waals surface area contributed by atoms with E-state index < -0.39 is 5.54 Å². The predicted octanol–water partition coefficient (Wildman–Crippen LogP) is 5.05. The molecule has 0 aliphatic heterocycles. The van der Waals surface area contributed by atoms with Crippen molar-refractivity contribution in [3.8, 4) is 0 Å². The van der Waals surface area contributed by atoms with Crippen LogP contribution < -0.4 is 22.1 Å². The predicted molar refractivity (Wildman–Crippen MR) is 123 cm³/mol. The average molecular weight is 383 g/mol. The van der Waals surface area contributed by atoms with Gasteiger partial charge in [0.15, 0.2) is 0 Å². The zero-order valence-electron chi connectivity index (χ0n) is 18.0. The second-order valence-corrected chi connectivity index (χ2v) is 8.32. The number of hydrogen-bond acceptors (Lipinski definition) is 4. The standard InChI is InChI=1S/C24H38N4/c1-18(2)27-22-12-8-20(9-13-22)24(26,16-6-5-7-17-25)21-10-14-23(15-11-21)28-19(3)4/h8-15,18-19,27-28H,5-7,16-17,25-26H2,1-4H3. The largest absolute Gasteiger partial charge is 0.383 e. The molecular weight excluding hydrogens is 344 g/mol. The SMILES string of the molecule is CC(C)Nc1ccc(C(N)(CCCCCN)c2ccc(NC(C)C)cc2)cc1. The zero-order chi connectivity index (χ0) is 20.6. The summed E-state index contributed by atoms with van der Waals surface area (Å²) in [4.78, 5) is 0. The Kier molecular flexibility index (Phi) is 8.34. The number of unbranched alkanes of at least 4 members (excludes halogenated alkanes) is 2. The quantitative estimate of drug-likeness (QED) is 0.410. The van der Waals surface area contributed by atoms with E-state index in [1.165, 1.54) is 0 Å². The molecule has 6 N–H and O–H groups in total. The average Bonchev–Trinajstić information content (AvgIpc) is 2.65. The van der Waals surface area contributed by atoms with Gasteiger partial charge in [0.25, 0.3) is 0 Å². The first-order valence-corrected chi connectivity index (χ1v) is 10.6. The van der Waals surface area contributed by atoms with Crippen LogP contribution in [-0.4, -0.2) is 18.6 Å². The van der Waals surface area contributed by atoms with Crippen molar-refractivity contribution < 1.29 is 0 Å². The number of rotatable bonds is 11. The summed E-state index contributed by atoms with van der Waals surface area (Å²) in [6.45, 7) is 9.32. The first kappa shape index (κ1) is 22.3. The molecule has 2 rings (SSSR count). The number of anilines is 2. The highest BCUT2D eigenvalue weighted by Crippen LogP contribution is 2.34. The maximum atomic E-state index is 7.05. The van der Waals surface area contributed by atoms with Crippen LogP contribution in [0.3, 0.4) is 0 Å². The Hall–Kier alpha value is -2.04. The molecule has 4 heteroatoms. The third-order valence-electron chi connectivity index (χ3n) is 4.99. The molecular formula is C24H38N4. The van der Waals surface area contributed by atoms with Gasteiger partial charge in [0.1, 0.15) is 0 Å². The van der Waals surface area contributed by atoms with E-state index in [2.05, 4.69) is 86.9 Å². The van der Waals surface area contributed by atoms with Gasteiger partial charge in [-0.3, -0.25) is 0 Å². The monoisotopic (exact) mass is 382 g/mol. The Morgan fingerprint density at radius 1 is 0.714 bits per heavy atom. The van der Waals surface area contributed by atoms with Crippen LogP contribution in [0.2, 0.25) is 0 Å². The van der Waals surface area contributed by atoms with Crippen LogP contribution in [0.1, 0.15) is 64.5 Å². The summed E-state index contributed by atoms with van der Waals surface area (Å²) in [5.74, 6) is 0. The molecule has 0 fully saturated rings. The minimum Gasteiger partial charge on any atom is -0.383 e. The molecule has 0 saturated carbocycles. The van der Waals surface area contributed by atoms with Gasteiger partial charge in [-0.25, -0.2) is 0 Å². The molecule has 2 aromatic carbocycles. The minimum absolute atomic E-state index is 0.408. The van der Waals surface area contributed by atoms with Gasteiger partial charge in [0.05, 0.1) is 5.54 Å². The summed E-state index contributed by atoms with van der Waals surface area (Å²) in [5, 5.41) is 6.89. The lowest BCUT2D eigenvalue weighted by Gasteiger charge is -2.31. The molecule has 4 nitrogen and oxygen atoms in total. The van der Waals surface area contributed by atoms with Crippen LogP contribution in [0.5, 0.6) is 0 Å². The molecule has 154 valence electrons. The summed E-state index contributed by atoms with van der Waals surface area (Å²) < 4.78 is 0. The van der Waals surface area contributed by atoms with Crippen molar-refractivity contribution in [2.75, 3.05) is 17.2 Å². The molecule has 0 aromatic heterocycles. The highest BCUT2D eigenvalue weighted by Gasteiger charge is 2.29. The third kappa shape index (κ3) is 6.25. The summed E-state index contributed by atoms with van der Waals surface area (Å²) in [6, 6.07) is 18.0. The molecule has 0 amide bonds. The Balaban J connectivity index is 2.28. The molecule has 0 aliphatic carbocycles. The van der Waals surface area contributed by atoms with Crippen LogP contribution in [-0.2, 0) is 5.54 Å². The van der Waals surface area contributed by atoms with E-state index in [4.69, 9.17) is 11.5 Å². The van der Waals surface area contributed by atoms with E-state index in [0.717, 1.165) is 54.7 Å². The Morgan fingerprint density at radius 3 is 1.50 bits per heavy atom. The highest BCUT2D eigenvalue weighted by molar-refractivity contribution is 5.51. The van der Waals surface area contributed by atoms with E-state index in [1.54, 1.807) is 0 Å². The first-order valence-electron chi connectivity index (χ1n) is 10.6. The molecule has 2 aromatic rings. The smallest absolute Gasteiger partial charge is 0.0665 e. The van der Waals surface area contributed by atoms with Crippen LogP contribution in [0.15, 0.2) is 48.5 Å². The van der Waals surface area contributed by atoms with Gasteiger partial charge in [-0.1, -0.05) is 37.1 Å². The van der Waals surface area contributed by atoms with Gasteiger partial charge in [-0.15, -0.1) is 0 Å². The molecule has 0 bridgehead atoms. The second kappa shape index (κ2) is 10.5. The topological polar surface area (TPSA) is 76.1 Å². The maximum absolute atomic E-state index is 7.05. The lowest BCUT2D eigenvalue weighted by Crippen LogP contribution is -2.38. The van der Waals surface area contributed by atoms with E-state index in [0.29, 0.717) is 12.1 Å². The molecule has 0 aliphatic rings. The summed E-state index contributed by atoms with van der Waals surface area (Å²) in [7, 11) is 0. The molecule has 28 heavy (non-hydrogen) atoms. The van der Waals surface area contributed by atoms with Crippen molar-refractivity contribution >= 4 is 11.4 Å². The highest BCUT2D eigenvalue weighted by atomic mass is 14.9. The minimum atomic E-state index is -0.499. The van der Waals surface area contributed by atoms with Crippen LogP contribution in [0.25, 0.3) is 0 Å². The van der Waals surface area contributed by atoms with E-state index in [-0.39, 0.29) is 0 Å². The molecule has 0 unspecified atom stereocenters. The van der Waals surface area contributed by atoms with Crippen molar-refractivity contribution in [2.45, 2.75) is 71.0 Å². The lowest BCUT2D eigenvalue weighted by atomic mass is 9.79. The maximum Gasteiger partial charge on any atom is 0.0665 e. The number of nitrogens with two attached hydrogens (primary N) is 2. The molecule has 0 saturated heterocycles. The van der Waals surface area contributed by atoms with Crippen molar-refractivity contribution in [1.82, 2.24) is 0 Å². The Bertz CT molecular complexity index is 636. The summed E-state index contributed by atoms with van der Waals surface area (Å²) in [5.41, 5.74) is 16.8. The number of hydrogen-bond donors (Lipinski definition) is 4. The fourth-order valence-electron chi connectivity index (χ4n) is 3.57. The summed E-state index contributed by atoms with van der Waals surface area (Å²) >= 11 is 0. The van der Waals surface area contributed by atoms with Gasteiger partial charge in [-0.2, -0.15) is 0 Å². The second-order valence-electron chi connectivity index (χ2n) is 8.32. The fourth-order valence-corrected chi connectivity index (χ4v) is 3.57. The van der Waals surface area contributed by atoms with Gasteiger partial charge < -0.3 is 22.1 Å². The zero-order valence-corrected chi connectivity index (χ0v) is 18.0. The van der Waals surface area contributed by atoms with Crippen molar-refractivity contribution in [3.63, 3.8) is 0 Å². The molecule has 0 heterocycles. The van der Waals surface area contributed by atoms with E-state index in [9.17, 15) is 0 Å². The molecule has 0 radical (unpaired) electrons. The first-order chi connectivity index (χ1) is 13.3. The van der Waals surface area contributed by atoms with Gasteiger partial charge in [0, 0.05) is 23.5 Å². The lowest BCUT2D eigenvalue weighted by molar-refractivity contribution is 0.458. The third-order valence-corrected chi connectivity index (χ3v) is 4.99. The van der Waals surface area contributed by atoms with Crippen LogP contribution in [0, 0.1) is 0 Å². The van der Waals surface area contributed by atoms with Crippen molar-refractivity contribution in [1.29, 1.82) is 0 Å². The van der Waals surface area contributed by atoms with Crippen molar-refractivity contribution in [2.24, 2.45) is 11.5 Å². The number of benzene rings is 2. The Morgan fingerprint density at radius 2 is 1.14 bits per heavy atom. The van der Waals surface area contributed by atoms with Crippen LogP contribution >= 0.6 is 0 Å². The van der Waals surface area contributed by atoms with E-state index in [1.807, 2.05) is 0 Å². The fraction of sp³-hybridized carbons (Fsp3) is 0.500. The van der Waals surface area contributed by atoms with Gasteiger partial charge in [-0.05, 0) is 82.5 Å².